The summed E-state index contributed by atoms with van der Waals surface area (Å²) in [5.41, 5.74) is 0.264. The summed E-state index contributed by atoms with van der Waals surface area (Å²) < 4.78 is 42.0. The molecule has 1 unspecified atom stereocenters. The lowest BCUT2D eigenvalue weighted by molar-refractivity contribution is -0.140. The highest BCUT2D eigenvalue weighted by atomic mass is 35.5. The van der Waals surface area contributed by atoms with E-state index < -0.39 is 29.3 Å². The first kappa shape index (κ1) is 22.2. The number of aryl methyl sites for hydroxylation is 2. The van der Waals surface area contributed by atoms with Crippen LogP contribution < -0.4 is 5.56 Å². The van der Waals surface area contributed by atoms with Gasteiger partial charge in [-0.1, -0.05) is 23.2 Å². The monoisotopic (exact) mass is 460 g/mol. The van der Waals surface area contributed by atoms with Gasteiger partial charge in [-0.25, -0.2) is 4.79 Å². The molecule has 1 aromatic carbocycles. The maximum atomic E-state index is 13.2. The second kappa shape index (κ2) is 7.67. The van der Waals surface area contributed by atoms with Gasteiger partial charge >= 0.3 is 12.1 Å². The number of fused-ring (bicyclic) bond motifs is 1. The van der Waals surface area contributed by atoms with Crippen LogP contribution in [-0.4, -0.2) is 20.2 Å². The highest BCUT2D eigenvalue weighted by molar-refractivity contribution is 6.35. The van der Waals surface area contributed by atoms with Crippen molar-refractivity contribution >= 4 is 40.1 Å². The lowest BCUT2D eigenvalue weighted by atomic mass is 10.1. The fourth-order valence-corrected chi connectivity index (χ4v) is 3.93. The summed E-state index contributed by atoms with van der Waals surface area (Å²) >= 11 is 12.5. The largest absolute Gasteiger partial charge is 0.480 e. The van der Waals surface area contributed by atoms with E-state index >= 15 is 0 Å². The Balaban J connectivity index is 2.12. The van der Waals surface area contributed by atoms with E-state index in [4.69, 9.17) is 28.3 Å². The van der Waals surface area contributed by atoms with E-state index in [9.17, 15) is 22.8 Å². The summed E-state index contributed by atoms with van der Waals surface area (Å²) in [7, 11) is 1.62. The minimum atomic E-state index is -4.47. The van der Waals surface area contributed by atoms with Crippen molar-refractivity contribution in [3.8, 4) is 0 Å². The topological polar surface area (TPSA) is 64.2 Å². The molecule has 0 aliphatic rings. The molecule has 0 spiro atoms. The molecule has 0 radical (unpaired) electrons. The van der Waals surface area contributed by atoms with Gasteiger partial charge in [0.25, 0.3) is 5.56 Å². The first-order chi connectivity index (χ1) is 13.8. The molecule has 0 bridgehead atoms. The molecule has 5 nitrogen and oxygen atoms in total. The Kier molecular flexibility index (Phi) is 5.68. The summed E-state index contributed by atoms with van der Waals surface area (Å²) in [5.74, 6) is -1.22. The molecule has 1 atom stereocenters. The summed E-state index contributed by atoms with van der Waals surface area (Å²) in [6.45, 7) is 2.91. The first-order valence-electron chi connectivity index (χ1n) is 8.81. The van der Waals surface area contributed by atoms with Crippen LogP contribution in [-0.2, 0) is 24.4 Å². The molecule has 10 heteroatoms. The van der Waals surface area contributed by atoms with Crippen LogP contribution in [0.15, 0.2) is 29.2 Å². The van der Waals surface area contributed by atoms with Gasteiger partial charge in [0, 0.05) is 41.8 Å². The Hall–Kier alpha value is -2.45. The molecule has 1 N–H and O–H groups in total. The minimum absolute atomic E-state index is 0.0845. The predicted molar refractivity (Wildman–Crippen MR) is 109 cm³/mol. The van der Waals surface area contributed by atoms with Gasteiger partial charge in [0.05, 0.1) is 10.6 Å². The van der Waals surface area contributed by atoms with Crippen LogP contribution in [0.2, 0.25) is 10.0 Å². The van der Waals surface area contributed by atoms with E-state index in [0.717, 1.165) is 16.7 Å². The number of alkyl halides is 3. The standard InChI is InChI=1S/C20H17Cl2F3N2O3/c1-9-4-11(20(23,24)25)5-16-13(9)6-12(26(16)3)7-14-15(21)8-27(10(2)19(29)30)18(28)17(14)22/h4-6,8,10H,7H2,1-3H3,(H,29,30). The van der Waals surface area contributed by atoms with E-state index in [0.29, 0.717) is 22.2 Å². The number of hydrogen-bond acceptors (Lipinski definition) is 2. The molecule has 3 rings (SSSR count). The lowest BCUT2D eigenvalue weighted by Crippen LogP contribution is -2.29. The van der Waals surface area contributed by atoms with Crippen LogP contribution in [0.1, 0.15) is 35.3 Å². The highest BCUT2D eigenvalue weighted by Gasteiger charge is 2.31. The normalized spacial score (nSPS) is 13.1. The van der Waals surface area contributed by atoms with E-state index in [1.54, 1.807) is 24.6 Å². The van der Waals surface area contributed by atoms with Crippen molar-refractivity contribution in [3.05, 3.63) is 67.2 Å². The Bertz CT molecular complexity index is 1230. The van der Waals surface area contributed by atoms with Gasteiger partial charge in [0.15, 0.2) is 0 Å². The molecular formula is C20H17Cl2F3N2O3. The smallest absolute Gasteiger partial charge is 0.416 e. The van der Waals surface area contributed by atoms with E-state index in [1.807, 2.05) is 0 Å². The van der Waals surface area contributed by atoms with Gasteiger partial charge < -0.3 is 9.67 Å². The number of nitrogens with zero attached hydrogens (tertiary/aromatic N) is 2. The number of hydrogen-bond donors (Lipinski definition) is 1. The third-order valence-corrected chi connectivity index (χ3v) is 5.87. The second-order valence-corrected chi connectivity index (χ2v) is 7.88. The number of benzene rings is 1. The number of aliphatic carboxylic acids is 1. The SMILES string of the molecule is Cc1cc(C(F)(F)F)cc2c1cc(Cc1c(Cl)cn(C(C)C(=O)O)c(=O)c1Cl)n2C. The highest BCUT2D eigenvalue weighted by Crippen LogP contribution is 2.35. The second-order valence-electron chi connectivity index (χ2n) is 7.09. The number of halogens is 5. The molecule has 2 heterocycles. The Morgan fingerprint density at radius 3 is 2.43 bits per heavy atom. The molecule has 0 aliphatic heterocycles. The zero-order valence-electron chi connectivity index (χ0n) is 16.1. The maximum Gasteiger partial charge on any atom is 0.416 e. The third kappa shape index (κ3) is 3.81. The average Bonchev–Trinajstić information content (AvgIpc) is 2.97. The summed E-state index contributed by atoms with van der Waals surface area (Å²) in [5, 5.41) is 9.64. The number of carboxylic acid groups (broad SMARTS) is 1. The number of rotatable bonds is 4. The van der Waals surface area contributed by atoms with Gasteiger partial charge in [0.2, 0.25) is 0 Å². The van der Waals surface area contributed by atoms with Crippen LogP contribution in [0.3, 0.4) is 0 Å². The zero-order chi connectivity index (χ0) is 22.5. The van der Waals surface area contributed by atoms with Crippen molar-refractivity contribution in [1.29, 1.82) is 0 Å². The van der Waals surface area contributed by atoms with Crippen molar-refractivity contribution < 1.29 is 23.1 Å². The van der Waals surface area contributed by atoms with Gasteiger partial charge in [0.1, 0.15) is 11.1 Å². The zero-order valence-corrected chi connectivity index (χ0v) is 17.7. The van der Waals surface area contributed by atoms with Crippen molar-refractivity contribution in [2.75, 3.05) is 0 Å². The van der Waals surface area contributed by atoms with Gasteiger partial charge in [-0.2, -0.15) is 13.2 Å². The molecule has 0 fully saturated rings. The quantitative estimate of drug-likeness (QED) is 0.580. The predicted octanol–water partition coefficient (Wildman–Crippen LogP) is 5.21. The van der Waals surface area contributed by atoms with Crippen LogP contribution in [0.5, 0.6) is 0 Å². The third-order valence-electron chi connectivity index (χ3n) is 5.16. The molecule has 0 saturated heterocycles. The van der Waals surface area contributed by atoms with Gasteiger partial charge in [-0.3, -0.25) is 9.36 Å². The van der Waals surface area contributed by atoms with E-state index in [1.165, 1.54) is 13.1 Å². The minimum Gasteiger partial charge on any atom is -0.480 e. The number of carbonyl (C=O) groups is 1. The Morgan fingerprint density at radius 1 is 1.23 bits per heavy atom. The van der Waals surface area contributed by atoms with Crippen molar-refractivity contribution in [3.63, 3.8) is 0 Å². The van der Waals surface area contributed by atoms with Crippen molar-refractivity contribution in [1.82, 2.24) is 9.13 Å². The van der Waals surface area contributed by atoms with Crippen LogP contribution >= 0.6 is 23.2 Å². The fourth-order valence-electron chi connectivity index (χ4n) is 3.35. The number of aromatic nitrogens is 2. The molecule has 0 amide bonds. The molecule has 3 aromatic rings. The average molecular weight is 461 g/mol. The summed E-state index contributed by atoms with van der Waals surface area (Å²) in [6.07, 6.45) is -3.18. The molecule has 0 aliphatic carbocycles. The van der Waals surface area contributed by atoms with Crippen molar-refractivity contribution in [2.45, 2.75) is 32.5 Å². The molecule has 30 heavy (non-hydrogen) atoms. The Labute approximate surface area is 179 Å². The number of carboxylic acids is 1. The Morgan fingerprint density at radius 2 is 1.87 bits per heavy atom. The van der Waals surface area contributed by atoms with Gasteiger partial charge in [-0.05, 0) is 37.6 Å². The van der Waals surface area contributed by atoms with E-state index in [2.05, 4.69) is 0 Å². The molecule has 2 aromatic heterocycles. The summed E-state index contributed by atoms with van der Waals surface area (Å²) in [6, 6.07) is 2.72. The maximum absolute atomic E-state index is 13.2. The first-order valence-corrected chi connectivity index (χ1v) is 9.56. The lowest BCUT2D eigenvalue weighted by Gasteiger charge is -2.15. The molecule has 160 valence electrons. The van der Waals surface area contributed by atoms with Crippen LogP contribution in [0.4, 0.5) is 13.2 Å². The van der Waals surface area contributed by atoms with Gasteiger partial charge in [-0.15, -0.1) is 0 Å². The molecular weight excluding hydrogens is 444 g/mol. The number of pyridine rings is 1. The van der Waals surface area contributed by atoms with E-state index in [-0.39, 0.29) is 22.0 Å². The fraction of sp³-hybridized carbons (Fsp3) is 0.300. The van der Waals surface area contributed by atoms with Crippen molar-refractivity contribution in [2.24, 2.45) is 7.05 Å². The van der Waals surface area contributed by atoms with Crippen LogP contribution in [0, 0.1) is 6.92 Å². The summed E-state index contributed by atoms with van der Waals surface area (Å²) in [4.78, 5) is 23.7. The van der Waals surface area contributed by atoms with Crippen LogP contribution in [0.25, 0.3) is 10.9 Å². The molecule has 0 saturated carbocycles.